The van der Waals surface area contributed by atoms with E-state index in [4.69, 9.17) is 0 Å². The zero-order valence-corrected chi connectivity index (χ0v) is 14.4. The Morgan fingerprint density at radius 2 is 1.76 bits per heavy atom. The molecule has 0 spiro atoms. The molecule has 0 aliphatic heterocycles. The van der Waals surface area contributed by atoms with Crippen LogP contribution in [0.5, 0.6) is 0 Å². The van der Waals surface area contributed by atoms with E-state index < -0.39 is 17.8 Å². The highest BCUT2D eigenvalue weighted by molar-refractivity contribution is 5.86. The first-order valence-corrected chi connectivity index (χ1v) is 9.31. The van der Waals surface area contributed by atoms with Crippen molar-refractivity contribution in [3.63, 3.8) is 0 Å². The minimum atomic E-state index is -0.834. The average Bonchev–Trinajstić information content (AvgIpc) is 3.19. The summed E-state index contributed by atoms with van der Waals surface area (Å²) in [7, 11) is 0. The molecule has 1 amide bonds. The molecule has 1 aromatic carbocycles. The van der Waals surface area contributed by atoms with Gasteiger partial charge in [0.15, 0.2) is 0 Å². The van der Waals surface area contributed by atoms with Gasteiger partial charge in [-0.05, 0) is 48.5 Å². The molecule has 0 aromatic heterocycles. The third kappa shape index (κ3) is 2.99. The van der Waals surface area contributed by atoms with Crippen LogP contribution in [0.4, 0.5) is 0 Å². The minimum Gasteiger partial charge on any atom is -0.481 e. The predicted molar refractivity (Wildman–Crippen MR) is 94.8 cm³/mol. The monoisotopic (exact) mass is 339 g/mol. The number of hydrogen-bond donors (Lipinski definition) is 2. The van der Waals surface area contributed by atoms with E-state index in [1.807, 2.05) is 18.2 Å². The molecule has 1 aromatic rings. The Bertz CT molecular complexity index is 692. The van der Waals surface area contributed by atoms with Crippen molar-refractivity contribution in [2.45, 2.75) is 32.1 Å². The highest BCUT2D eigenvalue weighted by atomic mass is 16.4. The van der Waals surface area contributed by atoms with Gasteiger partial charge in [-0.1, -0.05) is 48.9 Å². The van der Waals surface area contributed by atoms with Gasteiger partial charge in [-0.3, -0.25) is 9.59 Å². The van der Waals surface area contributed by atoms with Crippen molar-refractivity contribution < 1.29 is 14.7 Å². The number of carbonyl (C=O) groups excluding carboxylic acids is 1. The fourth-order valence-corrected chi connectivity index (χ4v) is 5.03. The Morgan fingerprint density at radius 3 is 2.36 bits per heavy atom. The largest absolute Gasteiger partial charge is 0.481 e. The molecule has 2 bridgehead atoms. The Labute approximate surface area is 148 Å². The molecular weight excluding hydrogens is 314 g/mol. The molecule has 3 aliphatic carbocycles. The van der Waals surface area contributed by atoms with Crippen LogP contribution in [0.3, 0.4) is 0 Å². The molecule has 4 nitrogen and oxygen atoms in total. The number of carbonyl (C=O) groups is 2. The smallest absolute Gasteiger partial charge is 0.307 e. The van der Waals surface area contributed by atoms with Crippen LogP contribution in [-0.4, -0.2) is 23.5 Å². The Morgan fingerprint density at radius 1 is 1.08 bits per heavy atom. The van der Waals surface area contributed by atoms with Crippen LogP contribution in [-0.2, 0) is 16.0 Å². The molecule has 3 aliphatic rings. The Kier molecular flexibility index (Phi) is 4.14. The van der Waals surface area contributed by atoms with E-state index in [-0.39, 0.29) is 23.2 Å². The Hall–Kier alpha value is -2.10. The van der Waals surface area contributed by atoms with Crippen molar-refractivity contribution in [3.05, 3.63) is 48.0 Å². The first-order valence-electron chi connectivity index (χ1n) is 9.31. The summed E-state index contributed by atoms with van der Waals surface area (Å²) < 4.78 is 0. The number of fused-ring (bicyclic) bond motifs is 2. The van der Waals surface area contributed by atoms with E-state index in [9.17, 15) is 14.7 Å². The van der Waals surface area contributed by atoms with E-state index in [1.165, 1.54) is 12.0 Å². The zero-order valence-electron chi connectivity index (χ0n) is 14.4. The van der Waals surface area contributed by atoms with Gasteiger partial charge in [-0.25, -0.2) is 0 Å². The van der Waals surface area contributed by atoms with Crippen LogP contribution < -0.4 is 5.32 Å². The maximum absolute atomic E-state index is 12.8. The van der Waals surface area contributed by atoms with Gasteiger partial charge in [0.2, 0.25) is 5.91 Å². The Balaban J connectivity index is 1.41. The van der Waals surface area contributed by atoms with E-state index in [0.717, 1.165) is 25.7 Å². The van der Waals surface area contributed by atoms with Crippen molar-refractivity contribution in [1.29, 1.82) is 0 Å². The number of carboxylic acids is 1. The van der Waals surface area contributed by atoms with Crippen molar-refractivity contribution >= 4 is 11.9 Å². The van der Waals surface area contributed by atoms with E-state index in [0.29, 0.717) is 6.54 Å². The quantitative estimate of drug-likeness (QED) is 0.783. The molecular formula is C21H25NO3. The summed E-state index contributed by atoms with van der Waals surface area (Å²) in [5.74, 6) is -1.73. The van der Waals surface area contributed by atoms with Gasteiger partial charge in [-0.2, -0.15) is 0 Å². The number of nitrogens with one attached hydrogen (secondary N) is 1. The molecule has 0 radical (unpaired) electrons. The standard InChI is InChI=1S/C21H25NO3/c23-19(17-15-7-8-16(11-15)18(17)20(24)25)22-13-21(9-4-10-21)12-14-5-2-1-3-6-14/h1-3,5-8,15-18H,4,9-13H2,(H,22,23)(H,24,25). The summed E-state index contributed by atoms with van der Waals surface area (Å²) >= 11 is 0. The molecule has 4 atom stereocenters. The number of amides is 1. The van der Waals surface area contributed by atoms with Crippen LogP contribution in [0.15, 0.2) is 42.5 Å². The fourth-order valence-electron chi connectivity index (χ4n) is 5.03. The van der Waals surface area contributed by atoms with Gasteiger partial charge in [0, 0.05) is 6.54 Å². The fraction of sp³-hybridized carbons (Fsp3) is 0.524. The lowest BCUT2D eigenvalue weighted by Crippen LogP contribution is -2.47. The van der Waals surface area contributed by atoms with E-state index >= 15 is 0 Å². The second kappa shape index (κ2) is 6.32. The topological polar surface area (TPSA) is 66.4 Å². The summed E-state index contributed by atoms with van der Waals surface area (Å²) in [4.78, 5) is 24.4. The number of rotatable bonds is 6. The number of carboxylic acid groups (broad SMARTS) is 1. The number of allylic oxidation sites excluding steroid dienone is 2. The van der Waals surface area contributed by atoms with Gasteiger partial charge in [-0.15, -0.1) is 0 Å². The van der Waals surface area contributed by atoms with Crippen molar-refractivity contribution in [2.24, 2.45) is 29.1 Å². The molecule has 25 heavy (non-hydrogen) atoms. The summed E-state index contributed by atoms with van der Waals surface area (Å²) in [6.07, 6.45) is 9.27. The van der Waals surface area contributed by atoms with Crippen LogP contribution in [0.1, 0.15) is 31.2 Å². The second-order valence-corrected chi connectivity index (χ2v) is 8.07. The van der Waals surface area contributed by atoms with Crippen LogP contribution in [0, 0.1) is 29.1 Å². The lowest BCUT2D eigenvalue weighted by atomic mass is 9.65. The van der Waals surface area contributed by atoms with Crippen molar-refractivity contribution in [2.75, 3.05) is 6.54 Å². The zero-order chi connectivity index (χ0) is 17.4. The molecule has 4 rings (SSSR count). The lowest BCUT2D eigenvalue weighted by molar-refractivity contribution is -0.148. The molecule has 0 saturated heterocycles. The third-order valence-electron chi connectivity index (χ3n) is 6.52. The molecule has 4 heteroatoms. The molecule has 0 heterocycles. The van der Waals surface area contributed by atoms with Crippen molar-refractivity contribution in [3.8, 4) is 0 Å². The van der Waals surface area contributed by atoms with Crippen LogP contribution in [0.25, 0.3) is 0 Å². The minimum absolute atomic E-state index is 0.0280. The molecule has 132 valence electrons. The first kappa shape index (κ1) is 16.4. The van der Waals surface area contributed by atoms with Crippen LogP contribution >= 0.6 is 0 Å². The normalized spacial score (nSPS) is 31.5. The lowest BCUT2D eigenvalue weighted by Gasteiger charge is -2.42. The van der Waals surface area contributed by atoms with Gasteiger partial charge >= 0.3 is 5.97 Å². The average molecular weight is 339 g/mol. The summed E-state index contributed by atoms with van der Waals surface area (Å²) in [5.41, 5.74) is 1.45. The second-order valence-electron chi connectivity index (χ2n) is 8.07. The summed E-state index contributed by atoms with van der Waals surface area (Å²) in [5, 5.41) is 12.6. The first-order chi connectivity index (χ1) is 12.1. The maximum atomic E-state index is 12.8. The molecule has 4 unspecified atom stereocenters. The van der Waals surface area contributed by atoms with Crippen molar-refractivity contribution in [1.82, 2.24) is 5.32 Å². The molecule has 2 fully saturated rings. The van der Waals surface area contributed by atoms with Gasteiger partial charge in [0.25, 0.3) is 0 Å². The van der Waals surface area contributed by atoms with Crippen LogP contribution in [0.2, 0.25) is 0 Å². The SMILES string of the molecule is O=C(O)C1C2C=CC(C2)C1C(=O)NCC1(Cc2ccccc2)CCC1. The number of hydrogen-bond acceptors (Lipinski definition) is 2. The third-order valence-corrected chi connectivity index (χ3v) is 6.52. The highest BCUT2D eigenvalue weighted by Crippen LogP contribution is 2.48. The van der Waals surface area contributed by atoms with E-state index in [2.05, 4.69) is 29.6 Å². The number of aliphatic carboxylic acids is 1. The summed E-state index contributed by atoms with van der Waals surface area (Å²) in [6.45, 7) is 0.657. The molecule has 2 N–H and O–H groups in total. The predicted octanol–water partition coefficient (Wildman–Crippen LogP) is 3.04. The maximum Gasteiger partial charge on any atom is 0.307 e. The number of benzene rings is 1. The van der Waals surface area contributed by atoms with Gasteiger partial charge in [0.1, 0.15) is 0 Å². The summed E-state index contributed by atoms with van der Waals surface area (Å²) in [6, 6.07) is 10.4. The molecule has 2 saturated carbocycles. The highest BCUT2D eigenvalue weighted by Gasteiger charge is 2.52. The van der Waals surface area contributed by atoms with Gasteiger partial charge < -0.3 is 10.4 Å². The van der Waals surface area contributed by atoms with E-state index in [1.54, 1.807) is 0 Å². The van der Waals surface area contributed by atoms with Gasteiger partial charge in [0.05, 0.1) is 11.8 Å².